The number of methoxy groups -OCH3 is 1. The summed E-state index contributed by atoms with van der Waals surface area (Å²) in [6, 6.07) is 0.0566. The number of rotatable bonds is 5. The van der Waals surface area contributed by atoms with Crippen LogP contribution in [0.15, 0.2) is 11.6 Å². The van der Waals surface area contributed by atoms with Crippen LogP contribution in [-0.4, -0.2) is 24.2 Å². The van der Waals surface area contributed by atoms with Gasteiger partial charge in [-0.1, -0.05) is 6.92 Å². The van der Waals surface area contributed by atoms with Crippen LogP contribution in [0, 0.1) is 0 Å². The summed E-state index contributed by atoms with van der Waals surface area (Å²) in [6.07, 6.45) is 3.71. The fourth-order valence-corrected chi connectivity index (χ4v) is 2.02. The molecule has 0 unspecified atom stereocenters. The van der Waals surface area contributed by atoms with Gasteiger partial charge in [0.2, 0.25) is 0 Å². The van der Waals surface area contributed by atoms with E-state index >= 15 is 0 Å². The van der Waals surface area contributed by atoms with Crippen LogP contribution >= 0.6 is 11.3 Å². The predicted octanol–water partition coefficient (Wildman–Crippen LogP) is 1.44. The van der Waals surface area contributed by atoms with Crippen molar-refractivity contribution in [1.29, 1.82) is 0 Å². The number of aromatic nitrogens is 1. The van der Waals surface area contributed by atoms with Crippen LogP contribution in [0.1, 0.15) is 18.4 Å². The highest BCUT2D eigenvalue weighted by Gasteiger charge is 2.16. The molecule has 0 amide bonds. The summed E-state index contributed by atoms with van der Waals surface area (Å²) in [4.78, 5) is 4.19. The standard InChI is InChI=1S/C9H16N2OS/c1-3-8(12-2)7(10)6-9-11-4-5-13-9/h4-5,7-8H,3,6,10H2,1-2H3/t7-,8-/m1/s1. The van der Waals surface area contributed by atoms with Crippen LogP contribution in [0.4, 0.5) is 0 Å². The summed E-state index contributed by atoms with van der Waals surface area (Å²) in [7, 11) is 1.70. The highest BCUT2D eigenvalue weighted by Crippen LogP contribution is 2.10. The molecule has 0 bridgehead atoms. The number of nitrogens with two attached hydrogens (primary N) is 1. The number of nitrogens with zero attached hydrogens (tertiary/aromatic N) is 1. The largest absolute Gasteiger partial charge is 0.380 e. The molecule has 0 fully saturated rings. The second-order valence-corrected chi connectivity index (χ2v) is 3.96. The van der Waals surface area contributed by atoms with Gasteiger partial charge >= 0.3 is 0 Å². The predicted molar refractivity (Wildman–Crippen MR) is 54.9 cm³/mol. The Morgan fingerprint density at radius 1 is 1.69 bits per heavy atom. The van der Waals surface area contributed by atoms with E-state index in [4.69, 9.17) is 10.5 Å². The first-order valence-corrected chi connectivity index (χ1v) is 5.32. The fraction of sp³-hybridized carbons (Fsp3) is 0.667. The van der Waals surface area contributed by atoms with Crippen molar-refractivity contribution >= 4 is 11.3 Å². The van der Waals surface area contributed by atoms with Gasteiger partial charge in [0.1, 0.15) is 0 Å². The van der Waals surface area contributed by atoms with Crippen LogP contribution in [0.5, 0.6) is 0 Å². The Balaban J connectivity index is 2.44. The number of thiazole rings is 1. The molecule has 4 heteroatoms. The number of ether oxygens (including phenoxy) is 1. The lowest BCUT2D eigenvalue weighted by atomic mass is 10.1. The van der Waals surface area contributed by atoms with Crippen molar-refractivity contribution in [3.63, 3.8) is 0 Å². The van der Waals surface area contributed by atoms with Gasteiger partial charge < -0.3 is 10.5 Å². The minimum absolute atomic E-state index is 0.0566. The topological polar surface area (TPSA) is 48.1 Å². The minimum atomic E-state index is 0.0566. The average Bonchev–Trinajstić information content (AvgIpc) is 2.59. The lowest BCUT2D eigenvalue weighted by Crippen LogP contribution is -2.37. The molecule has 0 aromatic carbocycles. The summed E-state index contributed by atoms with van der Waals surface area (Å²) in [5.41, 5.74) is 5.97. The Hall–Kier alpha value is -0.450. The molecular formula is C9H16N2OS. The van der Waals surface area contributed by atoms with Gasteiger partial charge in [-0.15, -0.1) is 11.3 Å². The molecule has 1 rings (SSSR count). The van der Waals surface area contributed by atoms with Crippen molar-refractivity contribution < 1.29 is 4.74 Å². The van der Waals surface area contributed by atoms with Crippen molar-refractivity contribution in [2.75, 3.05) is 7.11 Å². The molecule has 1 aromatic heterocycles. The maximum absolute atomic E-state index is 5.97. The third kappa shape index (κ3) is 3.06. The van der Waals surface area contributed by atoms with Gasteiger partial charge in [0.15, 0.2) is 0 Å². The Kier molecular flexibility index (Phi) is 4.35. The van der Waals surface area contributed by atoms with Crippen molar-refractivity contribution in [2.45, 2.75) is 31.9 Å². The Morgan fingerprint density at radius 2 is 2.46 bits per heavy atom. The second-order valence-electron chi connectivity index (χ2n) is 2.98. The maximum Gasteiger partial charge on any atom is 0.0941 e. The third-order valence-corrected chi connectivity index (χ3v) is 2.88. The minimum Gasteiger partial charge on any atom is -0.380 e. The Bertz CT molecular complexity index is 222. The summed E-state index contributed by atoms with van der Waals surface area (Å²) < 4.78 is 5.26. The van der Waals surface area contributed by atoms with Crippen LogP contribution in [-0.2, 0) is 11.2 Å². The first-order chi connectivity index (χ1) is 6.27. The van der Waals surface area contributed by atoms with Gasteiger partial charge in [0.05, 0.1) is 11.1 Å². The molecule has 1 aromatic rings. The fourth-order valence-electron chi connectivity index (χ4n) is 1.33. The number of hydrogen-bond acceptors (Lipinski definition) is 4. The molecular weight excluding hydrogens is 184 g/mol. The molecule has 0 aliphatic carbocycles. The molecule has 2 N–H and O–H groups in total. The van der Waals surface area contributed by atoms with E-state index in [0.717, 1.165) is 17.8 Å². The van der Waals surface area contributed by atoms with E-state index in [1.807, 2.05) is 5.38 Å². The highest BCUT2D eigenvalue weighted by molar-refractivity contribution is 7.09. The first-order valence-electron chi connectivity index (χ1n) is 4.44. The molecule has 0 aliphatic heterocycles. The van der Waals surface area contributed by atoms with Crippen LogP contribution in [0.2, 0.25) is 0 Å². The average molecular weight is 200 g/mol. The summed E-state index contributed by atoms with van der Waals surface area (Å²) in [5.74, 6) is 0. The molecule has 1 heterocycles. The zero-order valence-electron chi connectivity index (χ0n) is 8.06. The van der Waals surface area contributed by atoms with Crippen molar-refractivity contribution in [1.82, 2.24) is 4.98 Å². The molecule has 3 nitrogen and oxygen atoms in total. The monoisotopic (exact) mass is 200 g/mol. The highest BCUT2D eigenvalue weighted by atomic mass is 32.1. The quantitative estimate of drug-likeness (QED) is 0.782. The van der Waals surface area contributed by atoms with Crippen molar-refractivity contribution in [2.24, 2.45) is 5.73 Å². The van der Waals surface area contributed by atoms with Crippen LogP contribution < -0.4 is 5.73 Å². The Labute approximate surface area is 82.9 Å². The maximum atomic E-state index is 5.97. The van der Waals surface area contributed by atoms with Crippen molar-refractivity contribution in [3.05, 3.63) is 16.6 Å². The van der Waals surface area contributed by atoms with Gasteiger partial charge in [-0.25, -0.2) is 4.98 Å². The van der Waals surface area contributed by atoms with Crippen molar-refractivity contribution in [3.8, 4) is 0 Å². The first kappa shape index (κ1) is 10.6. The van der Waals surface area contributed by atoms with Gasteiger partial charge in [0.25, 0.3) is 0 Å². The molecule has 2 atom stereocenters. The normalized spacial score (nSPS) is 15.6. The van der Waals surface area contributed by atoms with E-state index in [1.165, 1.54) is 0 Å². The van der Waals surface area contributed by atoms with Gasteiger partial charge in [-0.2, -0.15) is 0 Å². The van der Waals surface area contributed by atoms with Gasteiger partial charge in [-0.3, -0.25) is 0 Å². The molecule has 74 valence electrons. The van der Waals surface area contributed by atoms with E-state index in [0.29, 0.717) is 0 Å². The van der Waals surface area contributed by atoms with E-state index in [2.05, 4.69) is 11.9 Å². The lowest BCUT2D eigenvalue weighted by Gasteiger charge is -2.19. The molecule has 13 heavy (non-hydrogen) atoms. The molecule has 0 radical (unpaired) electrons. The van der Waals surface area contributed by atoms with E-state index < -0.39 is 0 Å². The van der Waals surface area contributed by atoms with Gasteiger partial charge in [0, 0.05) is 31.1 Å². The smallest absolute Gasteiger partial charge is 0.0941 e. The Morgan fingerprint density at radius 3 is 2.92 bits per heavy atom. The third-order valence-electron chi connectivity index (χ3n) is 2.08. The molecule has 0 saturated carbocycles. The van der Waals surface area contributed by atoms with E-state index in [9.17, 15) is 0 Å². The zero-order valence-corrected chi connectivity index (χ0v) is 8.88. The van der Waals surface area contributed by atoms with E-state index in [-0.39, 0.29) is 12.1 Å². The SMILES string of the molecule is CC[C@@H](OC)[C@H](N)Cc1nccs1. The summed E-state index contributed by atoms with van der Waals surface area (Å²) >= 11 is 1.64. The zero-order chi connectivity index (χ0) is 9.68. The van der Waals surface area contributed by atoms with Crippen LogP contribution in [0.25, 0.3) is 0 Å². The van der Waals surface area contributed by atoms with Gasteiger partial charge in [-0.05, 0) is 6.42 Å². The molecule has 0 saturated heterocycles. The lowest BCUT2D eigenvalue weighted by molar-refractivity contribution is 0.0773. The molecule has 0 spiro atoms. The summed E-state index contributed by atoms with van der Waals surface area (Å²) in [6.45, 7) is 2.08. The molecule has 0 aliphatic rings. The second kappa shape index (κ2) is 5.32. The van der Waals surface area contributed by atoms with E-state index in [1.54, 1.807) is 24.6 Å². The van der Waals surface area contributed by atoms with Crippen LogP contribution in [0.3, 0.4) is 0 Å². The number of hydrogen-bond donors (Lipinski definition) is 1. The summed E-state index contributed by atoms with van der Waals surface area (Å²) in [5, 5.41) is 3.05.